The number of carboxylic acid groups (broad SMARTS) is 1. The lowest BCUT2D eigenvalue weighted by Crippen LogP contribution is -2.47. The van der Waals surface area contributed by atoms with Crippen molar-refractivity contribution in [3.05, 3.63) is 131 Å². The van der Waals surface area contributed by atoms with E-state index in [1.165, 1.54) is 7.11 Å². The van der Waals surface area contributed by atoms with Crippen molar-refractivity contribution in [2.24, 2.45) is 0 Å². The number of hydrogen-bond donors (Lipinski definition) is 5. The number of nitrogens with one attached hydrogen (secondary N) is 4. The van der Waals surface area contributed by atoms with Gasteiger partial charge in [-0.3, -0.25) is 9.59 Å². The van der Waals surface area contributed by atoms with Crippen molar-refractivity contribution in [2.45, 2.75) is 49.8 Å². The minimum absolute atomic E-state index is 0.00240. The van der Waals surface area contributed by atoms with Crippen LogP contribution in [-0.4, -0.2) is 68.1 Å². The van der Waals surface area contributed by atoms with E-state index in [2.05, 4.69) is 21.3 Å². The summed E-state index contributed by atoms with van der Waals surface area (Å²) in [5.41, 5.74) is 5.10. The number of rotatable bonds is 15. The molecule has 0 aliphatic carbocycles. The number of hydrogen-bond acceptors (Lipinski definition) is 6. The molecule has 256 valence electrons. The van der Waals surface area contributed by atoms with E-state index < -0.39 is 24.0 Å². The average Bonchev–Trinajstić information content (AvgIpc) is 3.12. The predicted molar refractivity (Wildman–Crippen MR) is 190 cm³/mol. The van der Waals surface area contributed by atoms with Gasteiger partial charge in [0.2, 0.25) is 11.8 Å². The smallest absolute Gasteiger partial charge is 0.405 e. The maximum absolute atomic E-state index is 13.9. The lowest BCUT2D eigenvalue weighted by atomic mass is 9.84. The number of benzene rings is 4. The van der Waals surface area contributed by atoms with E-state index in [4.69, 9.17) is 9.47 Å². The second-order valence-corrected chi connectivity index (χ2v) is 12.1. The molecule has 1 heterocycles. The number of carbonyl (C=O) groups is 3. The van der Waals surface area contributed by atoms with Gasteiger partial charge in [0.15, 0.2) is 0 Å². The molecular formula is C39H44N4O6. The SMILES string of the molecule is COCC(=O)Nc1ccccc1CC[C@@H]1CO[C@H](CCc2ccccc2NC(=O)[C@@H](NC(=O)O)C(c2ccccc2)c2ccccc2)CN1. The van der Waals surface area contributed by atoms with Crippen molar-refractivity contribution in [3.8, 4) is 0 Å². The first-order valence-corrected chi connectivity index (χ1v) is 16.6. The average molecular weight is 665 g/mol. The van der Waals surface area contributed by atoms with Crippen LogP contribution in [0, 0.1) is 0 Å². The molecule has 0 spiro atoms. The molecule has 0 bridgehead atoms. The molecule has 0 radical (unpaired) electrons. The molecular weight excluding hydrogens is 620 g/mol. The fourth-order valence-electron chi connectivity index (χ4n) is 6.26. The highest BCUT2D eigenvalue weighted by molar-refractivity contribution is 5.98. The van der Waals surface area contributed by atoms with Crippen LogP contribution in [0.25, 0.3) is 0 Å². The molecule has 1 fully saturated rings. The fourth-order valence-corrected chi connectivity index (χ4v) is 6.26. The Morgan fingerprint density at radius 2 is 1.35 bits per heavy atom. The minimum Gasteiger partial charge on any atom is -0.465 e. The summed E-state index contributed by atoms with van der Waals surface area (Å²) in [7, 11) is 1.50. The molecule has 0 aromatic heterocycles. The van der Waals surface area contributed by atoms with Gasteiger partial charge in [-0.1, -0.05) is 97.1 Å². The number of morpholine rings is 1. The van der Waals surface area contributed by atoms with Crippen LogP contribution >= 0.6 is 0 Å². The van der Waals surface area contributed by atoms with Crippen molar-refractivity contribution in [3.63, 3.8) is 0 Å². The summed E-state index contributed by atoms with van der Waals surface area (Å²) >= 11 is 0. The summed E-state index contributed by atoms with van der Waals surface area (Å²) in [4.78, 5) is 37.9. The Morgan fingerprint density at radius 3 is 1.90 bits per heavy atom. The van der Waals surface area contributed by atoms with Crippen molar-refractivity contribution in [2.75, 3.05) is 37.5 Å². The molecule has 1 aliphatic rings. The zero-order valence-electron chi connectivity index (χ0n) is 27.6. The van der Waals surface area contributed by atoms with Crippen LogP contribution in [0.3, 0.4) is 0 Å². The second-order valence-electron chi connectivity index (χ2n) is 12.1. The van der Waals surface area contributed by atoms with Crippen LogP contribution in [0.1, 0.15) is 41.0 Å². The van der Waals surface area contributed by atoms with Gasteiger partial charge in [-0.25, -0.2) is 4.79 Å². The zero-order chi connectivity index (χ0) is 34.4. The van der Waals surface area contributed by atoms with Crippen LogP contribution in [0.2, 0.25) is 0 Å². The van der Waals surface area contributed by atoms with E-state index in [1.54, 1.807) is 0 Å². The molecule has 4 aromatic rings. The van der Waals surface area contributed by atoms with E-state index in [-0.39, 0.29) is 24.7 Å². The summed E-state index contributed by atoms with van der Waals surface area (Å²) in [6, 6.07) is 33.4. The normalized spacial score (nSPS) is 16.4. The Kier molecular flexibility index (Phi) is 12.9. The Morgan fingerprint density at radius 1 is 0.796 bits per heavy atom. The highest BCUT2D eigenvalue weighted by Crippen LogP contribution is 2.30. The highest BCUT2D eigenvalue weighted by Gasteiger charge is 2.33. The van der Waals surface area contributed by atoms with Gasteiger partial charge in [-0.05, 0) is 60.1 Å². The van der Waals surface area contributed by atoms with Crippen LogP contribution in [0.5, 0.6) is 0 Å². The Balaban J connectivity index is 1.18. The molecule has 10 heteroatoms. The van der Waals surface area contributed by atoms with Gasteiger partial charge in [0.05, 0.1) is 12.7 Å². The van der Waals surface area contributed by atoms with E-state index in [0.717, 1.165) is 47.2 Å². The maximum Gasteiger partial charge on any atom is 0.405 e. The number of methoxy groups -OCH3 is 1. The summed E-state index contributed by atoms with van der Waals surface area (Å²) in [5, 5.41) is 21.8. The molecule has 4 aromatic carbocycles. The summed E-state index contributed by atoms with van der Waals surface area (Å²) in [6.07, 6.45) is 1.78. The quantitative estimate of drug-likeness (QED) is 0.112. The van der Waals surface area contributed by atoms with Gasteiger partial charge in [-0.15, -0.1) is 0 Å². The molecule has 5 rings (SSSR count). The van der Waals surface area contributed by atoms with E-state index in [9.17, 15) is 19.5 Å². The van der Waals surface area contributed by atoms with E-state index in [1.807, 2.05) is 109 Å². The number of anilines is 2. The summed E-state index contributed by atoms with van der Waals surface area (Å²) in [6.45, 7) is 1.28. The minimum atomic E-state index is -1.27. The number of aryl methyl sites for hydroxylation is 2. The third-order valence-electron chi connectivity index (χ3n) is 8.72. The first kappa shape index (κ1) is 35.3. The fraction of sp³-hybridized carbons (Fsp3) is 0.308. The third-order valence-corrected chi connectivity index (χ3v) is 8.72. The van der Waals surface area contributed by atoms with Gasteiger partial charge >= 0.3 is 6.09 Å². The van der Waals surface area contributed by atoms with E-state index >= 15 is 0 Å². The van der Waals surface area contributed by atoms with Crippen molar-refractivity contribution >= 4 is 29.3 Å². The topological polar surface area (TPSA) is 138 Å². The molecule has 0 saturated carbocycles. The Labute approximate surface area is 287 Å². The Hall–Kier alpha value is -5.03. The largest absolute Gasteiger partial charge is 0.465 e. The maximum atomic E-state index is 13.9. The van der Waals surface area contributed by atoms with Gasteiger partial charge in [-0.2, -0.15) is 0 Å². The third kappa shape index (κ3) is 10.2. The summed E-state index contributed by atoms with van der Waals surface area (Å²) < 4.78 is 11.2. The van der Waals surface area contributed by atoms with Crippen molar-refractivity contribution in [1.29, 1.82) is 0 Å². The zero-order valence-corrected chi connectivity index (χ0v) is 27.6. The molecule has 3 atom stereocenters. The van der Waals surface area contributed by atoms with Crippen molar-refractivity contribution < 1.29 is 29.0 Å². The molecule has 1 saturated heterocycles. The first-order chi connectivity index (χ1) is 23.9. The van der Waals surface area contributed by atoms with Crippen LogP contribution in [0.4, 0.5) is 16.2 Å². The Bertz CT molecular complexity index is 1620. The van der Waals surface area contributed by atoms with Crippen molar-refractivity contribution in [1.82, 2.24) is 10.6 Å². The molecule has 10 nitrogen and oxygen atoms in total. The summed E-state index contributed by atoms with van der Waals surface area (Å²) in [5.74, 6) is -1.16. The number of para-hydroxylation sites is 2. The van der Waals surface area contributed by atoms with E-state index in [0.29, 0.717) is 25.3 Å². The van der Waals surface area contributed by atoms with Crippen LogP contribution in [-0.2, 0) is 31.9 Å². The molecule has 5 N–H and O–H groups in total. The van der Waals surface area contributed by atoms with Gasteiger partial charge in [0.1, 0.15) is 12.6 Å². The first-order valence-electron chi connectivity index (χ1n) is 16.6. The van der Waals surface area contributed by atoms with Gasteiger partial charge in [0.25, 0.3) is 0 Å². The number of amides is 3. The van der Waals surface area contributed by atoms with Crippen LogP contribution in [0.15, 0.2) is 109 Å². The molecule has 3 amide bonds. The molecule has 49 heavy (non-hydrogen) atoms. The number of ether oxygens (including phenoxy) is 2. The van der Waals surface area contributed by atoms with Gasteiger partial charge in [0, 0.05) is 37.0 Å². The monoisotopic (exact) mass is 664 g/mol. The molecule has 0 unspecified atom stereocenters. The second kappa shape index (κ2) is 17.9. The van der Waals surface area contributed by atoms with Crippen LogP contribution < -0.4 is 21.3 Å². The number of carbonyl (C=O) groups excluding carboxylic acids is 2. The highest BCUT2D eigenvalue weighted by atomic mass is 16.5. The predicted octanol–water partition coefficient (Wildman–Crippen LogP) is 5.60. The lowest BCUT2D eigenvalue weighted by molar-refractivity contribution is -0.120. The molecule has 1 aliphatic heterocycles. The van der Waals surface area contributed by atoms with Gasteiger partial charge < -0.3 is 35.8 Å². The lowest BCUT2D eigenvalue weighted by Gasteiger charge is -2.31. The standard InChI is InChI=1S/C39H44N4O6/c1-48-26-35(44)41-33-18-10-8-12-27(33)20-22-31-25-49-32(24-40-31)23-21-28-13-9-11-19-34(28)42-38(45)37(43-39(46)47)36(29-14-4-2-5-15-29)30-16-6-3-7-17-30/h2-19,31-32,36-37,40,43H,20-26H2,1H3,(H,41,44)(H,42,45)(H,46,47)/t31-,32-,37+/m1/s1.